The molecule has 104 valence electrons. The number of aromatic nitrogens is 2. The molecule has 2 atom stereocenters. The number of piperidine rings is 1. The molecule has 1 fully saturated rings. The number of nitrogens with zero attached hydrogens (tertiary/aromatic N) is 2. The molecule has 5 nitrogen and oxygen atoms in total. The lowest BCUT2D eigenvalue weighted by atomic mass is 10.0. The van der Waals surface area contributed by atoms with Gasteiger partial charge in [0.2, 0.25) is 0 Å². The molecule has 3 rings (SSSR count). The summed E-state index contributed by atoms with van der Waals surface area (Å²) < 4.78 is 0. The number of amides is 1. The first kappa shape index (κ1) is 13.0. The second-order valence-corrected chi connectivity index (χ2v) is 5.29. The molecule has 1 aliphatic rings. The van der Waals surface area contributed by atoms with E-state index in [1.807, 2.05) is 24.3 Å². The van der Waals surface area contributed by atoms with Crippen molar-refractivity contribution in [1.29, 1.82) is 0 Å². The van der Waals surface area contributed by atoms with E-state index in [0.717, 1.165) is 30.4 Å². The summed E-state index contributed by atoms with van der Waals surface area (Å²) in [4.78, 5) is 20.9. The fourth-order valence-corrected chi connectivity index (χ4v) is 2.59. The van der Waals surface area contributed by atoms with Crippen molar-refractivity contribution in [3.05, 3.63) is 36.2 Å². The number of benzene rings is 1. The average Bonchev–Trinajstić information content (AvgIpc) is 2.47. The van der Waals surface area contributed by atoms with E-state index < -0.39 is 0 Å². The molecule has 2 N–H and O–H groups in total. The average molecular weight is 270 g/mol. The summed E-state index contributed by atoms with van der Waals surface area (Å²) in [5.74, 6) is -0.137. The van der Waals surface area contributed by atoms with Gasteiger partial charge in [-0.1, -0.05) is 12.1 Å². The molecule has 20 heavy (non-hydrogen) atoms. The van der Waals surface area contributed by atoms with E-state index in [-0.39, 0.29) is 11.9 Å². The van der Waals surface area contributed by atoms with Crippen LogP contribution in [-0.2, 0) is 0 Å². The van der Waals surface area contributed by atoms with Gasteiger partial charge >= 0.3 is 0 Å². The summed E-state index contributed by atoms with van der Waals surface area (Å²) in [5.41, 5.74) is 1.94. The molecule has 5 heteroatoms. The Hall–Kier alpha value is -2.01. The molecule has 0 spiro atoms. The molecule has 0 aliphatic carbocycles. The number of fused-ring (bicyclic) bond motifs is 1. The van der Waals surface area contributed by atoms with Crippen molar-refractivity contribution in [2.75, 3.05) is 6.54 Å². The number of hydrogen-bond acceptors (Lipinski definition) is 4. The maximum absolute atomic E-state index is 12.2. The van der Waals surface area contributed by atoms with Crippen molar-refractivity contribution in [3.63, 3.8) is 0 Å². The van der Waals surface area contributed by atoms with Crippen molar-refractivity contribution in [3.8, 4) is 0 Å². The van der Waals surface area contributed by atoms with Gasteiger partial charge in [0.1, 0.15) is 5.69 Å². The van der Waals surface area contributed by atoms with Crippen molar-refractivity contribution >= 4 is 16.9 Å². The lowest BCUT2D eigenvalue weighted by molar-refractivity contribution is 0.0920. The van der Waals surface area contributed by atoms with Gasteiger partial charge in [-0.05, 0) is 38.4 Å². The molecule has 1 saturated heterocycles. The number of hydrogen-bond donors (Lipinski definition) is 2. The fraction of sp³-hybridized carbons (Fsp3) is 0.400. The van der Waals surface area contributed by atoms with Crippen LogP contribution >= 0.6 is 0 Å². The van der Waals surface area contributed by atoms with Crippen LogP contribution < -0.4 is 10.6 Å². The van der Waals surface area contributed by atoms with Crippen molar-refractivity contribution in [2.24, 2.45) is 0 Å². The van der Waals surface area contributed by atoms with Crippen LogP contribution in [0.4, 0.5) is 0 Å². The Balaban J connectivity index is 1.75. The number of rotatable bonds is 2. The third kappa shape index (κ3) is 2.77. The van der Waals surface area contributed by atoms with E-state index in [0.29, 0.717) is 11.7 Å². The summed E-state index contributed by atoms with van der Waals surface area (Å²) in [6, 6.07) is 8.22. The third-order valence-electron chi connectivity index (χ3n) is 3.64. The third-order valence-corrected chi connectivity index (χ3v) is 3.64. The predicted molar refractivity (Wildman–Crippen MR) is 77.5 cm³/mol. The zero-order valence-electron chi connectivity index (χ0n) is 11.5. The first-order chi connectivity index (χ1) is 9.72. The molecular formula is C15H18N4O. The topological polar surface area (TPSA) is 66.9 Å². The summed E-state index contributed by atoms with van der Waals surface area (Å²) >= 11 is 0. The van der Waals surface area contributed by atoms with Crippen LogP contribution in [0.3, 0.4) is 0 Å². The van der Waals surface area contributed by atoms with Crippen molar-refractivity contribution in [2.45, 2.75) is 31.8 Å². The highest BCUT2D eigenvalue weighted by Gasteiger charge is 2.21. The summed E-state index contributed by atoms with van der Waals surface area (Å²) in [7, 11) is 0. The smallest absolute Gasteiger partial charge is 0.271 e. The van der Waals surface area contributed by atoms with Gasteiger partial charge in [-0.3, -0.25) is 9.78 Å². The minimum Gasteiger partial charge on any atom is -0.348 e. The standard InChI is InChI=1S/C15H18N4O/c1-10-8-11(6-7-16-10)18-15(20)14-9-17-12-4-2-3-5-13(12)19-14/h2-5,9-11,16H,6-8H2,1H3,(H,18,20). The molecule has 1 aromatic carbocycles. The van der Waals surface area contributed by atoms with Gasteiger partial charge in [-0.2, -0.15) is 0 Å². The van der Waals surface area contributed by atoms with Gasteiger partial charge in [0, 0.05) is 12.1 Å². The number of carbonyl (C=O) groups is 1. The Kier molecular flexibility index (Phi) is 3.60. The van der Waals surface area contributed by atoms with Gasteiger partial charge in [-0.25, -0.2) is 4.98 Å². The van der Waals surface area contributed by atoms with Crippen molar-refractivity contribution in [1.82, 2.24) is 20.6 Å². The van der Waals surface area contributed by atoms with E-state index in [1.165, 1.54) is 0 Å². The highest BCUT2D eigenvalue weighted by Crippen LogP contribution is 2.11. The minimum atomic E-state index is -0.137. The van der Waals surface area contributed by atoms with Crippen LogP contribution in [0.5, 0.6) is 0 Å². The zero-order valence-corrected chi connectivity index (χ0v) is 11.5. The molecule has 2 heterocycles. The van der Waals surface area contributed by atoms with Gasteiger partial charge < -0.3 is 10.6 Å². The number of carbonyl (C=O) groups excluding carboxylic acids is 1. The maximum atomic E-state index is 12.2. The second kappa shape index (κ2) is 5.54. The van der Waals surface area contributed by atoms with Gasteiger partial charge in [0.05, 0.1) is 17.2 Å². The van der Waals surface area contributed by atoms with Crippen LogP contribution in [0.25, 0.3) is 11.0 Å². The molecule has 0 radical (unpaired) electrons. The van der Waals surface area contributed by atoms with Crippen LogP contribution in [0.15, 0.2) is 30.5 Å². The minimum absolute atomic E-state index is 0.137. The highest BCUT2D eigenvalue weighted by atomic mass is 16.1. The van der Waals surface area contributed by atoms with Gasteiger partial charge in [-0.15, -0.1) is 0 Å². The van der Waals surface area contributed by atoms with Crippen LogP contribution in [0, 0.1) is 0 Å². The molecule has 1 aliphatic heterocycles. The molecule has 1 aromatic heterocycles. The fourth-order valence-electron chi connectivity index (χ4n) is 2.59. The molecule has 0 saturated carbocycles. The summed E-state index contributed by atoms with van der Waals surface area (Å²) in [6.45, 7) is 3.07. The second-order valence-electron chi connectivity index (χ2n) is 5.29. The normalized spacial score (nSPS) is 22.6. The van der Waals surface area contributed by atoms with Crippen LogP contribution in [-0.4, -0.2) is 34.5 Å². The van der Waals surface area contributed by atoms with Crippen LogP contribution in [0.1, 0.15) is 30.3 Å². The first-order valence-electron chi connectivity index (χ1n) is 6.98. The molecule has 2 aromatic rings. The van der Waals surface area contributed by atoms with E-state index in [2.05, 4.69) is 27.5 Å². The van der Waals surface area contributed by atoms with Crippen molar-refractivity contribution < 1.29 is 4.79 Å². The van der Waals surface area contributed by atoms with E-state index in [4.69, 9.17) is 0 Å². The molecule has 0 bridgehead atoms. The van der Waals surface area contributed by atoms with Crippen LogP contribution in [0.2, 0.25) is 0 Å². The Morgan fingerprint density at radius 1 is 1.35 bits per heavy atom. The lowest BCUT2D eigenvalue weighted by Gasteiger charge is -2.28. The molecule has 2 unspecified atom stereocenters. The Morgan fingerprint density at radius 3 is 2.95 bits per heavy atom. The maximum Gasteiger partial charge on any atom is 0.271 e. The summed E-state index contributed by atoms with van der Waals surface area (Å²) in [6.07, 6.45) is 3.45. The largest absolute Gasteiger partial charge is 0.348 e. The lowest BCUT2D eigenvalue weighted by Crippen LogP contribution is -2.46. The SMILES string of the molecule is CC1CC(NC(=O)c2cnc3ccccc3n2)CCN1. The molecule has 1 amide bonds. The first-order valence-corrected chi connectivity index (χ1v) is 6.98. The Morgan fingerprint density at radius 2 is 2.15 bits per heavy atom. The summed E-state index contributed by atoms with van der Waals surface area (Å²) in [5, 5.41) is 6.42. The quantitative estimate of drug-likeness (QED) is 0.868. The van der Waals surface area contributed by atoms with E-state index >= 15 is 0 Å². The molecular weight excluding hydrogens is 252 g/mol. The van der Waals surface area contributed by atoms with E-state index in [1.54, 1.807) is 6.20 Å². The van der Waals surface area contributed by atoms with Gasteiger partial charge in [0.15, 0.2) is 0 Å². The Labute approximate surface area is 117 Å². The predicted octanol–water partition coefficient (Wildman–Crippen LogP) is 1.50. The van der Waals surface area contributed by atoms with E-state index in [9.17, 15) is 4.79 Å². The monoisotopic (exact) mass is 270 g/mol. The zero-order chi connectivity index (χ0) is 13.9. The van der Waals surface area contributed by atoms with Gasteiger partial charge in [0.25, 0.3) is 5.91 Å². The highest BCUT2D eigenvalue weighted by molar-refractivity contribution is 5.93. The number of nitrogens with one attached hydrogen (secondary N) is 2. The Bertz CT molecular complexity index is 628. The number of para-hydroxylation sites is 2.